The SMILES string of the molecule is CCOc1c(Cl)cccc1NCc1ccc(C(N)=O)cc1[N+](=O)[O-]. The van der Waals surface area contributed by atoms with E-state index in [-0.39, 0.29) is 17.8 Å². The third-order valence-corrected chi connectivity index (χ3v) is 3.59. The molecule has 0 fully saturated rings. The first-order valence-corrected chi connectivity index (χ1v) is 7.54. The van der Waals surface area contributed by atoms with Crippen molar-refractivity contribution in [3.05, 3.63) is 62.7 Å². The van der Waals surface area contributed by atoms with Crippen molar-refractivity contribution in [2.24, 2.45) is 5.73 Å². The van der Waals surface area contributed by atoms with Gasteiger partial charge in [-0.2, -0.15) is 0 Å². The summed E-state index contributed by atoms with van der Waals surface area (Å²) in [6, 6.07) is 9.32. The van der Waals surface area contributed by atoms with Crippen LogP contribution in [0.1, 0.15) is 22.8 Å². The topological polar surface area (TPSA) is 107 Å². The fourth-order valence-electron chi connectivity index (χ4n) is 2.17. The fourth-order valence-corrected chi connectivity index (χ4v) is 2.40. The van der Waals surface area contributed by atoms with Gasteiger partial charge in [0.25, 0.3) is 5.69 Å². The van der Waals surface area contributed by atoms with Crippen molar-refractivity contribution < 1.29 is 14.5 Å². The lowest BCUT2D eigenvalue weighted by Gasteiger charge is -2.14. The minimum atomic E-state index is -0.717. The van der Waals surface area contributed by atoms with Gasteiger partial charge in [-0.25, -0.2) is 0 Å². The predicted octanol–water partition coefficient (Wildman–Crippen LogP) is 3.36. The Morgan fingerprint density at radius 2 is 2.12 bits per heavy atom. The van der Waals surface area contributed by atoms with Gasteiger partial charge in [-0.15, -0.1) is 0 Å². The summed E-state index contributed by atoms with van der Waals surface area (Å²) in [7, 11) is 0. The molecule has 0 bridgehead atoms. The Morgan fingerprint density at radius 1 is 1.38 bits per heavy atom. The number of anilines is 1. The average Bonchev–Trinajstić information content (AvgIpc) is 2.55. The smallest absolute Gasteiger partial charge is 0.275 e. The summed E-state index contributed by atoms with van der Waals surface area (Å²) >= 11 is 6.10. The van der Waals surface area contributed by atoms with E-state index in [1.807, 2.05) is 6.92 Å². The molecule has 0 unspecified atom stereocenters. The molecule has 126 valence electrons. The Morgan fingerprint density at radius 3 is 2.75 bits per heavy atom. The number of benzene rings is 2. The number of nitrogens with zero attached hydrogens (tertiary/aromatic N) is 1. The zero-order chi connectivity index (χ0) is 17.7. The first-order valence-electron chi connectivity index (χ1n) is 7.16. The zero-order valence-corrected chi connectivity index (χ0v) is 13.7. The summed E-state index contributed by atoms with van der Waals surface area (Å²) in [6.07, 6.45) is 0. The molecule has 0 heterocycles. The molecule has 2 rings (SSSR count). The van der Waals surface area contributed by atoms with Gasteiger partial charge in [0.05, 0.1) is 22.2 Å². The predicted molar refractivity (Wildman–Crippen MR) is 91.6 cm³/mol. The van der Waals surface area contributed by atoms with Gasteiger partial charge < -0.3 is 15.8 Å². The van der Waals surface area contributed by atoms with Gasteiger partial charge in [0.2, 0.25) is 5.91 Å². The standard InChI is InChI=1S/C16H16ClN3O4/c1-2-24-15-12(17)4-3-5-13(15)19-9-11-7-6-10(16(18)21)8-14(11)20(22)23/h3-8,19H,2,9H2,1H3,(H2,18,21). The Kier molecular flexibility index (Phi) is 5.59. The third kappa shape index (κ3) is 3.94. The molecule has 7 nitrogen and oxygen atoms in total. The van der Waals surface area contributed by atoms with Crippen molar-refractivity contribution in [3.63, 3.8) is 0 Å². The number of halogens is 1. The van der Waals surface area contributed by atoms with Crippen LogP contribution >= 0.6 is 11.6 Å². The van der Waals surface area contributed by atoms with Crippen LogP contribution in [0.15, 0.2) is 36.4 Å². The number of amides is 1. The molecule has 0 saturated heterocycles. The number of rotatable bonds is 7. The van der Waals surface area contributed by atoms with E-state index in [2.05, 4.69) is 5.32 Å². The van der Waals surface area contributed by atoms with Crippen LogP contribution in [0.3, 0.4) is 0 Å². The number of hydrogen-bond acceptors (Lipinski definition) is 5. The van der Waals surface area contributed by atoms with Crippen LogP contribution in [-0.2, 0) is 6.54 Å². The van der Waals surface area contributed by atoms with E-state index < -0.39 is 10.8 Å². The van der Waals surface area contributed by atoms with Crippen LogP contribution in [0.4, 0.5) is 11.4 Å². The number of nitro groups is 1. The second kappa shape index (κ2) is 7.65. The lowest BCUT2D eigenvalue weighted by molar-refractivity contribution is -0.385. The Hall–Kier alpha value is -2.80. The molecule has 1 amide bonds. The maximum absolute atomic E-state index is 11.2. The van der Waals surface area contributed by atoms with E-state index in [0.29, 0.717) is 28.6 Å². The van der Waals surface area contributed by atoms with Crippen LogP contribution in [0.25, 0.3) is 0 Å². The second-order valence-electron chi connectivity index (χ2n) is 4.87. The molecule has 24 heavy (non-hydrogen) atoms. The number of nitro benzene ring substituents is 1. The molecule has 0 aliphatic rings. The molecular formula is C16H16ClN3O4. The van der Waals surface area contributed by atoms with Crippen molar-refractivity contribution in [1.29, 1.82) is 0 Å². The van der Waals surface area contributed by atoms with Crippen LogP contribution in [0.5, 0.6) is 5.75 Å². The molecule has 2 aromatic carbocycles. The van der Waals surface area contributed by atoms with Crippen molar-refractivity contribution >= 4 is 28.9 Å². The molecule has 3 N–H and O–H groups in total. The molecule has 2 aromatic rings. The third-order valence-electron chi connectivity index (χ3n) is 3.29. The molecule has 8 heteroatoms. The summed E-state index contributed by atoms with van der Waals surface area (Å²) in [5.41, 5.74) is 6.10. The van der Waals surface area contributed by atoms with E-state index in [4.69, 9.17) is 22.1 Å². The number of ether oxygens (including phenoxy) is 1. The number of nitrogens with two attached hydrogens (primary N) is 1. The molecule has 0 radical (unpaired) electrons. The van der Waals surface area contributed by atoms with Crippen LogP contribution in [0.2, 0.25) is 5.02 Å². The number of carbonyl (C=O) groups is 1. The van der Waals surface area contributed by atoms with Gasteiger partial charge in [-0.1, -0.05) is 17.7 Å². The van der Waals surface area contributed by atoms with Gasteiger partial charge in [0, 0.05) is 23.7 Å². The number of hydrogen-bond donors (Lipinski definition) is 2. The van der Waals surface area contributed by atoms with Crippen molar-refractivity contribution in [2.75, 3.05) is 11.9 Å². The highest BCUT2D eigenvalue weighted by Crippen LogP contribution is 2.33. The summed E-state index contributed by atoms with van der Waals surface area (Å²) < 4.78 is 5.49. The van der Waals surface area contributed by atoms with Crippen molar-refractivity contribution in [2.45, 2.75) is 13.5 Å². The number of primary amides is 1. The highest BCUT2D eigenvalue weighted by Gasteiger charge is 2.17. The molecule has 0 aromatic heterocycles. The summed E-state index contributed by atoms with van der Waals surface area (Å²) in [5, 5.41) is 14.7. The summed E-state index contributed by atoms with van der Waals surface area (Å²) in [5.74, 6) is -0.232. The average molecular weight is 350 g/mol. The molecular weight excluding hydrogens is 334 g/mol. The first-order chi connectivity index (χ1) is 11.4. The molecule has 0 aliphatic heterocycles. The summed E-state index contributed by atoms with van der Waals surface area (Å²) in [6.45, 7) is 2.43. The normalized spacial score (nSPS) is 10.2. The van der Waals surface area contributed by atoms with E-state index in [0.717, 1.165) is 0 Å². The largest absolute Gasteiger partial charge is 0.490 e. The van der Waals surface area contributed by atoms with Gasteiger partial charge in [0.1, 0.15) is 0 Å². The maximum atomic E-state index is 11.2. The maximum Gasteiger partial charge on any atom is 0.275 e. The van der Waals surface area contributed by atoms with E-state index in [9.17, 15) is 14.9 Å². The lowest BCUT2D eigenvalue weighted by Crippen LogP contribution is -2.12. The Bertz CT molecular complexity index is 780. The van der Waals surface area contributed by atoms with Crippen molar-refractivity contribution in [3.8, 4) is 5.75 Å². The van der Waals surface area contributed by atoms with Crippen molar-refractivity contribution in [1.82, 2.24) is 0 Å². The van der Waals surface area contributed by atoms with Gasteiger partial charge in [0.15, 0.2) is 5.75 Å². The lowest BCUT2D eigenvalue weighted by atomic mass is 10.1. The Labute approximate surface area is 143 Å². The van der Waals surface area contributed by atoms with Gasteiger partial charge in [-0.05, 0) is 31.2 Å². The quantitative estimate of drug-likeness (QED) is 0.588. The number of nitrogens with one attached hydrogen (secondary N) is 1. The number of para-hydroxylation sites is 1. The molecule has 0 spiro atoms. The van der Waals surface area contributed by atoms with Gasteiger partial charge >= 0.3 is 0 Å². The molecule has 0 aliphatic carbocycles. The second-order valence-corrected chi connectivity index (χ2v) is 5.28. The van der Waals surface area contributed by atoms with Crippen LogP contribution in [0, 0.1) is 10.1 Å². The van der Waals surface area contributed by atoms with Gasteiger partial charge in [-0.3, -0.25) is 14.9 Å². The zero-order valence-electron chi connectivity index (χ0n) is 12.9. The Balaban J connectivity index is 2.28. The minimum absolute atomic E-state index is 0.0863. The molecule has 0 atom stereocenters. The molecule has 0 saturated carbocycles. The van der Waals surface area contributed by atoms with E-state index in [1.54, 1.807) is 18.2 Å². The fraction of sp³-hybridized carbons (Fsp3) is 0.188. The van der Waals surface area contributed by atoms with E-state index >= 15 is 0 Å². The summed E-state index contributed by atoms with van der Waals surface area (Å²) in [4.78, 5) is 21.8. The van der Waals surface area contributed by atoms with Crippen LogP contribution < -0.4 is 15.8 Å². The van der Waals surface area contributed by atoms with E-state index in [1.165, 1.54) is 18.2 Å². The highest BCUT2D eigenvalue weighted by atomic mass is 35.5. The monoisotopic (exact) mass is 349 g/mol. The van der Waals surface area contributed by atoms with Crippen LogP contribution in [-0.4, -0.2) is 17.4 Å². The highest BCUT2D eigenvalue weighted by molar-refractivity contribution is 6.32. The number of carbonyl (C=O) groups excluding carboxylic acids is 1. The first kappa shape index (κ1) is 17.6. The minimum Gasteiger partial charge on any atom is -0.490 e.